The number of aliphatic hydroxyl groups is 2. The van der Waals surface area contributed by atoms with Crippen molar-refractivity contribution < 1.29 is 24.5 Å². The second-order valence-electron chi connectivity index (χ2n) is 6.80. The Bertz CT molecular complexity index is 520. The highest BCUT2D eigenvalue weighted by molar-refractivity contribution is 5.82. The first-order valence-corrected chi connectivity index (χ1v) is 9.46. The summed E-state index contributed by atoms with van der Waals surface area (Å²) in [5, 5.41) is 20.4. The van der Waals surface area contributed by atoms with E-state index in [0.717, 1.165) is 19.3 Å². The SMILES string of the molecule is CCCCCC(=O)CC[C@@H]1[C@H](/C=C/C=C/C=C/C(=O)OC)[C@@H](O)C[C@H]1O. The van der Waals surface area contributed by atoms with Gasteiger partial charge in [0.2, 0.25) is 0 Å². The third-order valence-electron chi connectivity index (χ3n) is 4.83. The molecule has 0 heterocycles. The van der Waals surface area contributed by atoms with Gasteiger partial charge in [0.1, 0.15) is 5.78 Å². The van der Waals surface area contributed by atoms with Crippen LogP contribution in [0.25, 0.3) is 0 Å². The van der Waals surface area contributed by atoms with E-state index in [2.05, 4.69) is 11.7 Å². The first-order valence-electron chi connectivity index (χ1n) is 9.46. The fraction of sp³-hybridized carbons (Fsp3) is 0.619. The lowest BCUT2D eigenvalue weighted by molar-refractivity contribution is -0.134. The number of ketones is 1. The van der Waals surface area contributed by atoms with Crippen LogP contribution in [-0.2, 0) is 14.3 Å². The first kappa shape index (κ1) is 22.3. The number of hydrogen-bond acceptors (Lipinski definition) is 5. The van der Waals surface area contributed by atoms with Crippen molar-refractivity contribution in [2.45, 2.75) is 64.1 Å². The Morgan fingerprint density at radius 3 is 2.46 bits per heavy atom. The van der Waals surface area contributed by atoms with E-state index in [-0.39, 0.29) is 17.6 Å². The zero-order chi connectivity index (χ0) is 19.4. The maximum Gasteiger partial charge on any atom is 0.330 e. The van der Waals surface area contributed by atoms with Gasteiger partial charge in [-0.25, -0.2) is 4.79 Å². The van der Waals surface area contributed by atoms with E-state index in [4.69, 9.17) is 0 Å². The number of aliphatic hydroxyl groups excluding tert-OH is 2. The van der Waals surface area contributed by atoms with Crippen LogP contribution in [0.15, 0.2) is 36.5 Å². The molecule has 1 aliphatic rings. The summed E-state index contributed by atoms with van der Waals surface area (Å²) >= 11 is 0. The number of allylic oxidation sites excluding steroid dienone is 4. The molecule has 5 heteroatoms. The van der Waals surface area contributed by atoms with Crippen molar-refractivity contribution in [2.75, 3.05) is 7.11 Å². The van der Waals surface area contributed by atoms with Crippen molar-refractivity contribution in [3.8, 4) is 0 Å². The van der Waals surface area contributed by atoms with Gasteiger partial charge in [-0.1, -0.05) is 50.1 Å². The smallest absolute Gasteiger partial charge is 0.330 e. The van der Waals surface area contributed by atoms with Crippen LogP contribution in [-0.4, -0.2) is 41.3 Å². The zero-order valence-electron chi connectivity index (χ0n) is 15.8. The monoisotopic (exact) mass is 364 g/mol. The van der Waals surface area contributed by atoms with E-state index in [1.807, 2.05) is 6.08 Å². The molecule has 4 atom stereocenters. The molecule has 1 saturated carbocycles. The minimum Gasteiger partial charge on any atom is -0.466 e. The molecule has 1 fully saturated rings. The van der Waals surface area contributed by atoms with E-state index in [9.17, 15) is 19.8 Å². The van der Waals surface area contributed by atoms with E-state index in [0.29, 0.717) is 25.7 Å². The molecule has 0 aromatic rings. The van der Waals surface area contributed by atoms with Gasteiger partial charge in [0.15, 0.2) is 0 Å². The van der Waals surface area contributed by atoms with E-state index >= 15 is 0 Å². The normalized spacial score (nSPS) is 26.3. The molecule has 0 aromatic carbocycles. The molecule has 1 aliphatic carbocycles. The lowest BCUT2D eigenvalue weighted by atomic mass is 9.88. The molecule has 146 valence electrons. The molecule has 0 radical (unpaired) electrons. The fourth-order valence-corrected chi connectivity index (χ4v) is 3.32. The van der Waals surface area contributed by atoms with Gasteiger partial charge < -0.3 is 14.9 Å². The second-order valence-corrected chi connectivity index (χ2v) is 6.80. The number of hydrogen-bond donors (Lipinski definition) is 2. The molecule has 0 unspecified atom stereocenters. The fourth-order valence-electron chi connectivity index (χ4n) is 3.32. The van der Waals surface area contributed by atoms with Crippen LogP contribution >= 0.6 is 0 Å². The minimum atomic E-state index is -0.597. The number of methoxy groups -OCH3 is 1. The molecular formula is C21H32O5. The Hall–Kier alpha value is -1.72. The van der Waals surface area contributed by atoms with Crippen molar-refractivity contribution in [3.05, 3.63) is 36.5 Å². The van der Waals surface area contributed by atoms with E-state index in [1.54, 1.807) is 24.3 Å². The Labute approximate surface area is 156 Å². The van der Waals surface area contributed by atoms with Crippen LogP contribution in [0.3, 0.4) is 0 Å². The number of carbonyl (C=O) groups excluding carboxylic acids is 2. The predicted octanol–water partition coefficient (Wildman–Crippen LogP) is 3.12. The average molecular weight is 364 g/mol. The Morgan fingerprint density at radius 1 is 1.04 bits per heavy atom. The van der Waals surface area contributed by atoms with Crippen LogP contribution in [0.5, 0.6) is 0 Å². The standard InChI is InChI=1S/C21H32O5/c1-3-4-7-10-16(22)13-14-18-17(19(23)15-20(18)24)11-8-5-6-9-12-21(25)26-2/h5-6,8-9,11-12,17-20,23-24H,3-4,7,10,13-15H2,1-2H3/b6-5+,11-8+,12-9+/t17-,18+,19-,20+/m0/s1. The molecule has 0 aliphatic heterocycles. The quantitative estimate of drug-likeness (QED) is 0.255. The van der Waals surface area contributed by atoms with E-state index in [1.165, 1.54) is 13.2 Å². The maximum atomic E-state index is 12.0. The Morgan fingerprint density at radius 2 is 1.77 bits per heavy atom. The zero-order valence-corrected chi connectivity index (χ0v) is 15.8. The summed E-state index contributed by atoms with van der Waals surface area (Å²) in [5.41, 5.74) is 0. The van der Waals surface area contributed by atoms with Crippen molar-refractivity contribution in [3.63, 3.8) is 0 Å². The molecule has 0 spiro atoms. The van der Waals surface area contributed by atoms with Crippen molar-refractivity contribution in [1.82, 2.24) is 0 Å². The summed E-state index contributed by atoms with van der Waals surface area (Å²) in [7, 11) is 1.32. The maximum absolute atomic E-state index is 12.0. The highest BCUT2D eigenvalue weighted by Gasteiger charge is 2.39. The number of rotatable bonds is 11. The lowest BCUT2D eigenvalue weighted by Crippen LogP contribution is -2.21. The summed E-state index contributed by atoms with van der Waals surface area (Å²) in [6, 6.07) is 0. The van der Waals surface area contributed by atoms with Gasteiger partial charge in [0, 0.05) is 31.3 Å². The van der Waals surface area contributed by atoms with Gasteiger partial charge in [-0.2, -0.15) is 0 Å². The van der Waals surface area contributed by atoms with Gasteiger partial charge in [-0.05, 0) is 18.8 Å². The average Bonchev–Trinajstić information content (AvgIpc) is 2.89. The van der Waals surface area contributed by atoms with Crippen molar-refractivity contribution in [2.24, 2.45) is 11.8 Å². The number of ether oxygens (including phenoxy) is 1. The minimum absolute atomic E-state index is 0.101. The molecule has 0 bridgehead atoms. The Balaban J connectivity index is 2.51. The van der Waals surface area contributed by atoms with Gasteiger partial charge in [-0.15, -0.1) is 0 Å². The van der Waals surface area contributed by atoms with Gasteiger partial charge in [-0.3, -0.25) is 4.79 Å². The van der Waals surface area contributed by atoms with Crippen LogP contribution < -0.4 is 0 Å². The molecule has 0 aromatic heterocycles. The summed E-state index contributed by atoms with van der Waals surface area (Å²) in [6.45, 7) is 2.11. The van der Waals surface area contributed by atoms with Crippen LogP contribution in [0.2, 0.25) is 0 Å². The molecule has 1 rings (SSSR count). The highest BCUT2D eigenvalue weighted by atomic mass is 16.5. The summed E-state index contributed by atoms with van der Waals surface area (Å²) in [5.74, 6) is -0.447. The number of carbonyl (C=O) groups is 2. The van der Waals surface area contributed by atoms with Gasteiger partial charge in [0.25, 0.3) is 0 Å². The number of esters is 1. The van der Waals surface area contributed by atoms with Crippen molar-refractivity contribution in [1.29, 1.82) is 0 Å². The van der Waals surface area contributed by atoms with Gasteiger partial charge in [0.05, 0.1) is 19.3 Å². The summed E-state index contributed by atoms with van der Waals surface area (Å²) in [6.07, 6.45) is 13.9. The molecule has 2 N–H and O–H groups in total. The second kappa shape index (κ2) is 12.6. The van der Waals surface area contributed by atoms with Crippen molar-refractivity contribution >= 4 is 11.8 Å². The topological polar surface area (TPSA) is 83.8 Å². The molecule has 26 heavy (non-hydrogen) atoms. The Kier molecular flexibility index (Phi) is 10.8. The van der Waals surface area contributed by atoms with Crippen LogP contribution in [0.4, 0.5) is 0 Å². The van der Waals surface area contributed by atoms with Crippen LogP contribution in [0.1, 0.15) is 51.9 Å². The predicted molar refractivity (Wildman–Crippen MR) is 101 cm³/mol. The molecular weight excluding hydrogens is 332 g/mol. The van der Waals surface area contributed by atoms with Crippen LogP contribution in [0, 0.1) is 11.8 Å². The lowest BCUT2D eigenvalue weighted by Gasteiger charge is -2.20. The third-order valence-corrected chi connectivity index (χ3v) is 4.83. The summed E-state index contributed by atoms with van der Waals surface area (Å²) in [4.78, 5) is 22.9. The van der Waals surface area contributed by atoms with E-state index < -0.39 is 18.2 Å². The molecule has 0 saturated heterocycles. The molecule has 5 nitrogen and oxygen atoms in total. The number of unbranched alkanes of at least 4 members (excludes halogenated alkanes) is 2. The largest absolute Gasteiger partial charge is 0.466 e. The first-order chi connectivity index (χ1) is 12.5. The molecule has 0 amide bonds. The third kappa shape index (κ3) is 8.11. The van der Waals surface area contributed by atoms with Gasteiger partial charge >= 0.3 is 5.97 Å². The number of Topliss-reactive ketones (excluding diaryl/α,β-unsaturated/α-hetero) is 1. The highest BCUT2D eigenvalue weighted by Crippen LogP contribution is 2.36. The summed E-state index contributed by atoms with van der Waals surface area (Å²) < 4.78 is 4.49.